The van der Waals surface area contributed by atoms with Crippen LogP contribution >= 0.6 is 11.6 Å². The average molecular weight is 219 g/mol. The van der Waals surface area contributed by atoms with Crippen molar-refractivity contribution in [1.29, 1.82) is 0 Å². The minimum atomic E-state index is -0.0481. The first-order valence-corrected chi connectivity index (χ1v) is 5.31. The molecule has 1 aliphatic heterocycles. The lowest BCUT2D eigenvalue weighted by molar-refractivity contribution is -0.126. The number of halogens is 1. The van der Waals surface area contributed by atoms with Gasteiger partial charge in [-0.3, -0.25) is 9.59 Å². The van der Waals surface area contributed by atoms with Crippen molar-refractivity contribution in [3.63, 3.8) is 0 Å². The van der Waals surface area contributed by atoms with Crippen molar-refractivity contribution in [2.45, 2.75) is 38.3 Å². The summed E-state index contributed by atoms with van der Waals surface area (Å²) in [6.45, 7) is 1.89. The number of amides is 2. The van der Waals surface area contributed by atoms with Crippen molar-refractivity contribution < 1.29 is 9.59 Å². The molecule has 14 heavy (non-hydrogen) atoms. The first kappa shape index (κ1) is 11.3. The van der Waals surface area contributed by atoms with Crippen molar-refractivity contribution in [3.05, 3.63) is 0 Å². The number of piperidine rings is 1. The molecule has 80 valence electrons. The van der Waals surface area contributed by atoms with Crippen LogP contribution in [0.1, 0.15) is 26.2 Å². The summed E-state index contributed by atoms with van der Waals surface area (Å²) in [4.78, 5) is 22.2. The fraction of sp³-hybridized carbons (Fsp3) is 0.778. The van der Waals surface area contributed by atoms with Crippen LogP contribution in [0.2, 0.25) is 0 Å². The predicted molar refractivity (Wildman–Crippen MR) is 54.1 cm³/mol. The Bertz CT molecular complexity index is 233. The minimum absolute atomic E-state index is 0.00975. The van der Waals surface area contributed by atoms with Crippen LogP contribution in [0.4, 0.5) is 0 Å². The quantitative estimate of drug-likeness (QED) is 0.674. The van der Waals surface area contributed by atoms with Gasteiger partial charge in [0.05, 0.1) is 0 Å². The minimum Gasteiger partial charge on any atom is -0.352 e. The highest BCUT2D eigenvalue weighted by atomic mass is 35.5. The van der Waals surface area contributed by atoms with Gasteiger partial charge in [-0.25, -0.2) is 0 Å². The first-order chi connectivity index (χ1) is 6.63. The van der Waals surface area contributed by atoms with Gasteiger partial charge in [-0.2, -0.15) is 0 Å². The second kappa shape index (κ2) is 5.20. The zero-order valence-electron chi connectivity index (χ0n) is 8.18. The summed E-state index contributed by atoms with van der Waals surface area (Å²) < 4.78 is 0. The van der Waals surface area contributed by atoms with Gasteiger partial charge in [0.15, 0.2) is 0 Å². The molecule has 2 amide bonds. The van der Waals surface area contributed by atoms with E-state index in [-0.39, 0.29) is 23.9 Å². The van der Waals surface area contributed by atoms with Crippen LogP contribution in [-0.4, -0.2) is 29.8 Å². The maximum absolute atomic E-state index is 11.2. The summed E-state index contributed by atoms with van der Waals surface area (Å²) in [7, 11) is 0. The van der Waals surface area contributed by atoms with E-state index in [9.17, 15) is 9.59 Å². The van der Waals surface area contributed by atoms with Gasteiger partial charge < -0.3 is 10.6 Å². The van der Waals surface area contributed by atoms with E-state index >= 15 is 0 Å². The summed E-state index contributed by atoms with van der Waals surface area (Å²) in [6, 6.07) is 0.0546. The summed E-state index contributed by atoms with van der Waals surface area (Å²) in [6.07, 6.45) is 1.52. The molecule has 1 heterocycles. The van der Waals surface area contributed by atoms with Crippen LogP contribution < -0.4 is 10.6 Å². The molecule has 0 radical (unpaired) electrons. The van der Waals surface area contributed by atoms with Gasteiger partial charge in [0.2, 0.25) is 11.8 Å². The zero-order valence-corrected chi connectivity index (χ0v) is 8.93. The molecule has 1 aliphatic rings. The Morgan fingerprint density at radius 3 is 3.00 bits per heavy atom. The van der Waals surface area contributed by atoms with Crippen molar-refractivity contribution in [3.8, 4) is 0 Å². The summed E-state index contributed by atoms with van der Waals surface area (Å²) in [5.41, 5.74) is 0. The molecule has 1 rings (SSSR count). The Labute approximate surface area is 88.4 Å². The van der Waals surface area contributed by atoms with E-state index in [1.165, 1.54) is 0 Å². The number of nitrogens with one attached hydrogen (secondary N) is 2. The number of carbonyl (C=O) groups is 2. The monoisotopic (exact) mass is 218 g/mol. The maximum Gasteiger partial charge on any atom is 0.221 e. The number of hydrogen-bond donors (Lipinski definition) is 2. The molecule has 1 saturated heterocycles. The highest BCUT2D eigenvalue weighted by molar-refractivity contribution is 6.18. The molecule has 4 nitrogen and oxygen atoms in total. The SMILES string of the molecule is CC1NC(=O)CCC1NC(=O)CCCl. The van der Waals surface area contributed by atoms with Crippen LogP contribution in [-0.2, 0) is 9.59 Å². The van der Waals surface area contributed by atoms with E-state index in [0.717, 1.165) is 0 Å². The van der Waals surface area contributed by atoms with Gasteiger partial charge in [-0.1, -0.05) is 0 Å². The molecule has 2 atom stereocenters. The van der Waals surface area contributed by atoms with Gasteiger partial charge in [-0.15, -0.1) is 11.6 Å². The molecule has 2 N–H and O–H groups in total. The van der Waals surface area contributed by atoms with Crippen LogP contribution in [0.15, 0.2) is 0 Å². The van der Waals surface area contributed by atoms with Crippen molar-refractivity contribution in [2.24, 2.45) is 0 Å². The normalized spacial score (nSPS) is 26.9. The van der Waals surface area contributed by atoms with Crippen LogP contribution in [0, 0.1) is 0 Å². The molecule has 0 aromatic carbocycles. The van der Waals surface area contributed by atoms with Gasteiger partial charge in [-0.05, 0) is 13.3 Å². The maximum atomic E-state index is 11.2. The van der Waals surface area contributed by atoms with Crippen LogP contribution in [0.25, 0.3) is 0 Å². The topological polar surface area (TPSA) is 58.2 Å². The molecule has 0 bridgehead atoms. The Morgan fingerprint density at radius 1 is 1.71 bits per heavy atom. The third kappa shape index (κ3) is 3.18. The molecule has 2 unspecified atom stereocenters. The van der Waals surface area contributed by atoms with Crippen LogP contribution in [0.3, 0.4) is 0 Å². The summed E-state index contributed by atoms with van der Waals surface area (Å²) >= 11 is 5.44. The first-order valence-electron chi connectivity index (χ1n) is 4.78. The fourth-order valence-electron chi connectivity index (χ4n) is 1.53. The molecule has 0 saturated carbocycles. The Kier molecular flexibility index (Phi) is 4.20. The highest BCUT2D eigenvalue weighted by Crippen LogP contribution is 2.09. The number of rotatable bonds is 3. The third-order valence-corrected chi connectivity index (χ3v) is 2.53. The average Bonchev–Trinajstić information content (AvgIpc) is 2.10. The second-order valence-electron chi connectivity index (χ2n) is 3.51. The fourth-order valence-corrected chi connectivity index (χ4v) is 1.70. The Hall–Kier alpha value is -0.770. The van der Waals surface area contributed by atoms with E-state index in [1.807, 2.05) is 6.92 Å². The lowest BCUT2D eigenvalue weighted by Crippen LogP contribution is -2.53. The smallest absolute Gasteiger partial charge is 0.221 e. The van der Waals surface area contributed by atoms with Gasteiger partial charge in [0, 0.05) is 30.8 Å². The van der Waals surface area contributed by atoms with Crippen LogP contribution in [0.5, 0.6) is 0 Å². The lowest BCUT2D eigenvalue weighted by Gasteiger charge is -2.30. The van der Waals surface area contributed by atoms with Crippen molar-refractivity contribution in [1.82, 2.24) is 10.6 Å². The zero-order chi connectivity index (χ0) is 10.6. The molecule has 0 aromatic heterocycles. The number of alkyl halides is 1. The molecule has 1 fully saturated rings. The molecular formula is C9H15ClN2O2. The standard InChI is InChI=1S/C9H15ClN2O2/c1-6-7(2-3-8(13)11-6)12-9(14)4-5-10/h6-7H,2-5H2,1H3,(H,11,13)(H,12,14). The van der Waals surface area contributed by atoms with Crippen molar-refractivity contribution >= 4 is 23.4 Å². The van der Waals surface area contributed by atoms with Gasteiger partial charge >= 0.3 is 0 Å². The Balaban J connectivity index is 2.37. The summed E-state index contributed by atoms with van der Waals surface area (Å²) in [5.74, 6) is 0.340. The predicted octanol–water partition coefficient (Wildman–Crippen LogP) is 0.399. The number of hydrogen-bond acceptors (Lipinski definition) is 2. The number of carbonyl (C=O) groups excluding carboxylic acids is 2. The molecule has 5 heteroatoms. The van der Waals surface area contributed by atoms with E-state index in [1.54, 1.807) is 0 Å². The molecule has 0 aliphatic carbocycles. The van der Waals surface area contributed by atoms with E-state index in [0.29, 0.717) is 25.1 Å². The Morgan fingerprint density at radius 2 is 2.43 bits per heavy atom. The molecular weight excluding hydrogens is 204 g/mol. The third-order valence-electron chi connectivity index (χ3n) is 2.34. The molecule has 0 spiro atoms. The van der Waals surface area contributed by atoms with E-state index in [2.05, 4.69) is 10.6 Å². The highest BCUT2D eigenvalue weighted by Gasteiger charge is 2.25. The van der Waals surface area contributed by atoms with E-state index in [4.69, 9.17) is 11.6 Å². The molecule has 0 aromatic rings. The van der Waals surface area contributed by atoms with E-state index < -0.39 is 0 Å². The van der Waals surface area contributed by atoms with Gasteiger partial charge in [0.1, 0.15) is 0 Å². The summed E-state index contributed by atoms with van der Waals surface area (Å²) in [5, 5.41) is 5.64. The van der Waals surface area contributed by atoms with Crippen molar-refractivity contribution in [2.75, 3.05) is 5.88 Å². The van der Waals surface area contributed by atoms with Gasteiger partial charge in [0.25, 0.3) is 0 Å². The second-order valence-corrected chi connectivity index (χ2v) is 3.89. The largest absolute Gasteiger partial charge is 0.352 e. The lowest BCUT2D eigenvalue weighted by atomic mass is 9.99.